The number of nitrogens with one attached hydrogen (secondary N) is 1. The van der Waals surface area contributed by atoms with E-state index in [4.69, 9.17) is 9.41 Å². The van der Waals surface area contributed by atoms with Gasteiger partial charge in [0.05, 0.1) is 0 Å². The first-order valence-electron chi connectivity index (χ1n) is 11.2. The van der Waals surface area contributed by atoms with Gasteiger partial charge in [0.15, 0.2) is 23.8 Å². The van der Waals surface area contributed by atoms with Crippen molar-refractivity contribution in [3.63, 3.8) is 0 Å². The third-order valence-electron chi connectivity index (χ3n) is 5.99. The van der Waals surface area contributed by atoms with Crippen molar-refractivity contribution in [1.82, 2.24) is 25.0 Å². The van der Waals surface area contributed by atoms with E-state index in [0.717, 1.165) is 28.8 Å². The first kappa shape index (κ1) is 22.3. The molecule has 2 aliphatic heterocycles. The zero-order chi connectivity index (χ0) is 23.7. The van der Waals surface area contributed by atoms with Gasteiger partial charge in [0.1, 0.15) is 5.52 Å². The third-order valence-corrected chi connectivity index (χ3v) is 6.90. The summed E-state index contributed by atoms with van der Waals surface area (Å²) in [6.07, 6.45) is 0.245. The number of hydrogen-bond acceptors (Lipinski definition) is 8. The molecule has 0 saturated carbocycles. The quantitative estimate of drug-likeness (QED) is 0.412. The molecule has 1 N–H and O–H groups in total. The first-order valence-corrected chi connectivity index (χ1v) is 12.2. The summed E-state index contributed by atoms with van der Waals surface area (Å²) in [5.41, 5.74) is 2.76. The molecule has 0 bridgehead atoms. The van der Waals surface area contributed by atoms with E-state index < -0.39 is 18.2 Å². The Bertz CT molecular complexity index is 1200. The van der Waals surface area contributed by atoms with Crippen LogP contribution in [0.5, 0.6) is 0 Å². The van der Waals surface area contributed by atoms with E-state index in [0.29, 0.717) is 24.3 Å². The molecular formula is C24H26N6O3S. The number of carbonyl (C=O) groups is 2. The van der Waals surface area contributed by atoms with Crippen molar-refractivity contribution in [3.05, 3.63) is 60.2 Å². The summed E-state index contributed by atoms with van der Waals surface area (Å²) in [6, 6.07) is 16.8. The van der Waals surface area contributed by atoms with Crippen molar-refractivity contribution in [1.29, 1.82) is 0 Å². The van der Waals surface area contributed by atoms with Crippen molar-refractivity contribution >= 4 is 40.8 Å². The van der Waals surface area contributed by atoms with Crippen molar-refractivity contribution in [2.75, 3.05) is 26.4 Å². The summed E-state index contributed by atoms with van der Waals surface area (Å²) in [5.74, 6) is 1.17. The molecule has 2 unspecified atom stereocenters. The Labute approximate surface area is 201 Å². The second-order valence-electron chi connectivity index (χ2n) is 8.38. The maximum Gasteiger partial charge on any atom is 0.325 e. The lowest BCUT2D eigenvalue weighted by Crippen LogP contribution is -2.64. The van der Waals surface area contributed by atoms with Gasteiger partial charge in [-0.2, -0.15) is 0 Å². The highest BCUT2D eigenvalue weighted by atomic mass is 32.2. The molecule has 2 aliphatic rings. The highest BCUT2D eigenvalue weighted by Gasteiger charge is 2.49. The van der Waals surface area contributed by atoms with Gasteiger partial charge in [-0.15, -0.1) is 0 Å². The minimum atomic E-state index is -0.551. The lowest BCUT2D eigenvalue weighted by molar-refractivity contribution is -0.127. The molecule has 2 atom stereocenters. The average molecular weight is 479 g/mol. The lowest BCUT2D eigenvalue weighted by atomic mass is 10.1. The number of nitrogens with zero attached hydrogens (tertiary/aromatic N) is 5. The summed E-state index contributed by atoms with van der Waals surface area (Å²) >= 11 is 1.55. The fourth-order valence-corrected chi connectivity index (χ4v) is 5.06. The molecule has 0 spiro atoms. The number of hydrogen-bond donors (Lipinski definition) is 1. The fourth-order valence-electron chi connectivity index (χ4n) is 4.30. The van der Waals surface area contributed by atoms with Crippen LogP contribution >= 0.6 is 11.8 Å². The summed E-state index contributed by atoms with van der Waals surface area (Å²) < 4.78 is 5.79. The van der Waals surface area contributed by atoms with Crippen LogP contribution in [0.1, 0.15) is 12.0 Å². The second kappa shape index (κ2) is 9.38. The number of benzene rings is 2. The standard InChI is InChI=1S/C24H26N6O3S/c1-28(15-16-9-4-3-5-10-16)22-26-20-19(21(31)27-23(32)29(20)2)30(22)13-8-14-34-24-25-17-11-6-7-12-18(17)33-24/h3-7,9-12,19-20H,8,13-15H2,1-2H3,(H,27,31,32). The lowest BCUT2D eigenvalue weighted by Gasteiger charge is -2.37. The number of thioether (sulfide) groups is 1. The number of likely N-dealkylation sites (N-methyl/N-ethyl adjacent to an activating group) is 1. The van der Waals surface area contributed by atoms with E-state index in [9.17, 15) is 9.59 Å². The molecule has 10 heteroatoms. The van der Waals surface area contributed by atoms with E-state index in [1.54, 1.807) is 18.8 Å². The highest BCUT2D eigenvalue weighted by Crippen LogP contribution is 2.27. The van der Waals surface area contributed by atoms with Crippen LogP contribution in [0.3, 0.4) is 0 Å². The normalized spacial score (nSPS) is 19.9. The largest absolute Gasteiger partial charge is 0.431 e. The average Bonchev–Trinajstić information content (AvgIpc) is 3.43. The molecule has 0 aliphatic carbocycles. The molecule has 5 rings (SSSR count). The fraction of sp³-hybridized carbons (Fsp3) is 0.333. The van der Waals surface area contributed by atoms with Crippen molar-refractivity contribution in [2.45, 2.75) is 30.4 Å². The van der Waals surface area contributed by atoms with Crippen LogP contribution in [0.2, 0.25) is 0 Å². The van der Waals surface area contributed by atoms with E-state index in [1.165, 1.54) is 4.90 Å². The van der Waals surface area contributed by atoms with Crippen molar-refractivity contribution in [3.8, 4) is 0 Å². The Kier molecular flexibility index (Phi) is 6.14. The molecule has 1 fully saturated rings. The van der Waals surface area contributed by atoms with E-state index >= 15 is 0 Å². The number of fused-ring (bicyclic) bond motifs is 2. The number of imide groups is 1. The molecule has 1 aromatic heterocycles. The second-order valence-corrected chi connectivity index (χ2v) is 9.42. The Morgan fingerprint density at radius 1 is 1.12 bits per heavy atom. The number of guanidine groups is 1. The van der Waals surface area contributed by atoms with Gasteiger partial charge in [-0.1, -0.05) is 54.2 Å². The van der Waals surface area contributed by atoms with E-state index in [1.807, 2.05) is 59.3 Å². The predicted molar refractivity (Wildman–Crippen MR) is 130 cm³/mol. The minimum absolute atomic E-state index is 0.313. The summed E-state index contributed by atoms with van der Waals surface area (Å²) in [6.45, 7) is 1.26. The van der Waals surface area contributed by atoms with Gasteiger partial charge >= 0.3 is 6.03 Å². The van der Waals surface area contributed by atoms with Crippen LogP contribution in [0.15, 0.2) is 69.2 Å². The molecule has 34 heavy (non-hydrogen) atoms. The summed E-state index contributed by atoms with van der Waals surface area (Å²) in [7, 11) is 3.63. The number of carbonyl (C=O) groups excluding carboxylic acids is 2. The highest BCUT2D eigenvalue weighted by molar-refractivity contribution is 7.99. The van der Waals surface area contributed by atoms with Gasteiger partial charge in [0.2, 0.25) is 0 Å². The van der Waals surface area contributed by atoms with Crippen LogP contribution < -0.4 is 5.32 Å². The maximum atomic E-state index is 12.8. The van der Waals surface area contributed by atoms with Crippen molar-refractivity contribution in [2.24, 2.45) is 4.99 Å². The first-order chi connectivity index (χ1) is 16.5. The Hall–Kier alpha value is -3.53. The monoisotopic (exact) mass is 478 g/mol. The molecule has 1 saturated heterocycles. The SMILES string of the molecule is CN(Cc1ccccc1)C1=NC2C(C(=O)NC(=O)N2C)N1CCCSc1nc2ccccc2o1. The van der Waals surface area contributed by atoms with Gasteiger partial charge in [-0.3, -0.25) is 10.1 Å². The van der Waals surface area contributed by atoms with Gasteiger partial charge in [0.25, 0.3) is 11.1 Å². The molecule has 3 aromatic rings. The number of amides is 3. The number of rotatable bonds is 7. The number of urea groups is 1. The molecule has 3 amide bonds. The molecule has 176 valence electrons. The number of oxazole rings is 1. The zero-order valence-corrected chi connectivity index (χ0v) is 19.9. The molecule has 3 heterocycles. The van der Waals surface area contributed by atoms with E-state index in [2.05, 4.69) is 22.4 Å². The zero-order valence-electron chi connectivity index (χ0n) is 19.0. The maximum absolute atomic E-state index is 12.8. The topological polar surface area (TPSA) is 94.3 Å². The predicted octanol–water partition coefficient (Wildman–Crippen LogP) is 2.99. The number of para-hydroxylation sites is 2. The third kappa shape index (κ3) is 4.33. The van der Waals surface area contributed by atoms with Crippen LogP contribution in [-0.4, -0.2) is 76.2 Å². The van der Waals surface area contributed by atoms with E-state index in [-0.39, 0.29) is 5.91 Å². The minimum Gasteiger partial charge on any atom is -0.431 e. The van der Waals surface area contributed by atoms with Crippen LogP contribution in [0.4, 0.5) is 4.79 Å². The Morgan fingerprint density at radius 3 is 2.68 bits per heavy atom. The molecule has 9 nitrogen and oxygen atoms in total. The van der Waals surface area contributed by atoms with Crippen molar-refractivity contribution < 1.29 is 14.0 Å². The van der Waals surface area contributed by atoms with Crippen LogP contribution in [0.25, 0.3) is 11.1 Å². The van der Waals surface area contributed by atoms with Gasteiger partial charge in [-0.05, 0) is 24.1 Å². The van der Waals surface area contributed by atoms with Gasteiger partial charge < -0.3 is 19.1 Å². The summed E-state index contributed by atoms with van der Waals surface area (Å²) in [5, 5.41) is 3.09. The van der Waals surface area contributed by atoms with Crippen LogP contribution in [0, 0.1) is 0 Å². The molecular weight excluding hydrogens is 452 g/mol. The summed E-state index contributed by atoms with van der Waals surface area (Å²) in [4.78, 5) is 39.8. The van der Waals surface area contributed by atoms with Crippen LogP contribution in [-0.2, 0) is 11.3 Å². The Balaban J connectivity index is 1.29. The Morgan fingerprint density at radius 2 is 1.88 bits per heavy atom. The number of aromatic nitrogens is 1. The number of aliphatic imine (C=N–C) groups is 1. The molecule has 0 radical (unpaired) electrons. The van der Waals surface area contributed by atoms with Gasteiger partial charge in [-0.25, -0.2) is 14.8 Å². The smallest absolute Gasteiger partial charge is 0.325 e. The van der Waals surface area contributed by atoms with Gasteiger partial charge in [0, 0.05) is 32.9 Å². The molecule has 2 aromatic carbocycles.